The molecule has 210 valence electrons. The Labute approximate surface area is 217 Å². The fraction of sp³-hybridized carbons (Fsp3) is 1.00. The molecule has 4 N–H and O–H groups in total. The van der Waals surface area contributed by atoms with E-state index in [1.165, 1.54) is 128 Å². The monoisotopic (exact) mass is 500 g/mol. The Balaban J connectivity index is 1.75. The average Bonchev–Trinajstić information content (AvgIpc) is 2.86. The number of unbranched alkanes of at least 4 members (excludes halogenated alkanes) is 22. The first-order valence-electron chi connectivity index (χ1n) is 15.4. The quantitative estimate of drug-likeness (QED) is 0.105. The Kier molecular flexibility index (Phi) is 20.5. The highest BCUT2D eigenvalue weighted by Gasteiger charge is 2.47. The molecule has 0 unspecified atom stereocenters. The summed E-state index contributed by atoms with van der Waals surface area (Å²) in [5, 5.41) is 39.5. The molecule has 5 heteroatoms. The van der Waals surface area contributed by atoms with E-state index in [4.69, 9.17) is 4.74 Å². The highest BCUT2D eigenvalue weighted by Crippen LogP contribution is 2.29. The summed E-state index contributed by atoms with van der Waals surface area (Å²) in [6.07, 6.45) is 27.1. The van der Waals surface area contributed by atoms with Crippen LogP contribution in [-0.2, 0) is 4.74 Å². The van der Waals surface area contributed by atoms with E-state index in [1.54, 1.807) is 0 Å². The zero-order valence-corrected chi connectivity index (χ0v) is 23.1. The van der Waals surface area contributed by atoms with Crippen molar-refractivity contribution in [2.24, 2.45) is 0 Å². The van der Waals surface area contributed by atoms with E-state index in [2.05, 4.69) is 6.92 Å². The molecule has 0 saturated carbocycles. The normalized spacial score (nSPS) is 24.8. The fourth-order valence-electron chi connectivity index (χ4n) is 5.27. The largest absolute Gasteiger partial charge is 0.388 e. The van der Waals surface area contributed by atoms with E-state index in [0.717, 1.165) is 19.3 Å². The Morgan fingerprint density at radius 1 is 0.543 bits per heavy atom. The lowest BCUT2D eigenvalue weighted by atomic mass is 9.92. The highest BCUT2D eigenvalue weighted by molar-refractivity contribution is 4.91. The second kappa shape index (κ2) is 21.8. The maximum Gasteiger partial charge on any atom is 0.194 e. The first-order chi connectivity index (χ1) is 17.0. The molecular weight excluding hydrogens is 440 g/mol. The van der Waals surface area contributed by atoms with E-state index < -0.39 is 24.1 Å². The lowest BCUT2D eigenvalue weighted by Gasteiger charge is -2.41. The van der Waals surface area contributed by atoms with Gasteiger partial charge in [0.25, 0.3) is 0 Å². The van der Waals surface area contributed by atoms with Gasteiger partial charge in [0.15, 0.2) is 5.79 Å². The van der Waals surface area contributed by atoms with Gasteiger partial charge in [-0.3, -0.25) is 0 Å². The van der Waals surface area contributed by atoms with Crippen LogP contribution in [0.5, 0.6) is 0 Å². The molecule has 0 radical (unpaired) electrons. The molecule has 1 heterocycles. The van der Waals surface area contributed by atoms with E-state index in [1.807, 2.05) is 0 Å². The van der Waals surface area contributed by atoms with Gasteiger partial charge in [-0.25, -0.2) is 0 Å². The van der Waals surface area contributed by atoms with Crippen molar-refractivity contribution < 1.29 is 25.2 Å². The van der Waals surface area contributed by atoms with E-state index >= 15 is 0 Å². The summed E-state index contributed by atoms with van der Waals surface area (Å²) in [5.74, 6) is -1.73. The van der Waals surface area contributed by atoms with Gasteiger partial charge in [-0.05, 0) is 6.42 Å². The van der Waals surface area contributed by atoms with Crippen LogP contribution >= 0.6 is 0 Å². The molecule has 0 aromatic carbocycles. The molecule has 1 fully saturated rings. The molecule has 1 rings (SSSR count). The molecule has 5 nitrogen and oxygen atoms in total. The highest BCUT2D eigenvalue weighted by atomic mass is 16.6. The number of aliphatic hydroxyl groups excluding tert-OH is 3. The predicted molar refractivity (Wildman–Crippen MR) is 145 cm³/mol. The third kappa shape index (κ3) is 16.3. The molecule has 35 heavy (non-hydrogen) atoms. The Morgan fingerprint density at radius 2 is 0.857 bits per heavy atom. The van der Waals surface area contributed by atoms with Crippen LogP contribution < -0.4 is 0 Å². The summed E-state index contributed by atoms with van der Waals surface area (Å²) < 4.78 is 5.21. The summed E-state index contributed by atoms with van der Waals surface area (Å²) in [5.41, 5.74) is 0. The van der Waals surface area contributed by atoms with Gasteiger partial charge in [0, 0.05) is 6.42 Å². The minimum absolute atomic E-state index is 0.145. The van der Waals surface area contributed by atoms with Crippen molar-refractivity contribution in [1.29, 1.82) is 0 Å². The third-order valence-electron chi connectivity index (χ3n) is 7.82. The zero-order chi connectivity index (χ0) is 25.6. The van der Waals surface area contributed by atoms with Gasteiger partial charge in [-0.1, -0.05) is 148 Å². The van der Waals surface area contributed by atoms with Crippen molar-refractivity contribution in [3.05, 3.63) is 0 Å². The van der Waals surface area contributed by atoms with Crippen molar-refractivity contribution in [2.45, 2.75) is 185 Å². The van der Waals surface area contributed by atoms with Crippen molar-refractivity contribution in [1.82, 2.24) is 0 Å². The van der Waals surface area contributed by atoms with Crippen LogP contribution in [0.1, 0.15) is 161 Å². The molecule has 0 aliphatic carbocycles. The lowest BCUT2D eigenvalue weighted by molar-refractivity contribution is -0.323. The van der Waals surface area contributed by atoms with Gasteiger partial charge >= 0.3 is 0 Å². The van der Waals surface area contributed by atoms with Crippen molar-refractivity contribution in [3.63, 3.8) is 0 Å². The van der Waals surface area contributed by atoms with Gasteiger partial charge in [-0.2, -0.15) is 0 Å². The molecule has 0 amide bonds. The molecule has 1 aliphatic heterocycles. The second-order valence-electron chi connectivity index (χ2n) is 11.2. The van der Waals surface area contributed by atoms with Crippen LogP contribution in [0.2, 0.25) is 0 Å². The van der Waals surface area contributed by atoms with E-state index in [0.29, 0.717) is 0 Å². The smallest absolute Gasteiger partial charge is 0.194 e. The number of ether oxygens (including phenoxy) is 1. The predicted octanol–water partition coefficient (Wildman–Crippen LogP) is 7.17. The maximum atomic E-state index is 10.4. The lowest BCUT2D eigenvalue weighted by Crippen LogP contribution is -2.60. The third-order valence-corrected chi connectivity index (χ3v) is 7.82. The maximum absolute atomic E-state index is 10.4. The zero-order valence-electron chi connectivity index (χ0n) is 23.1. The van der Waals surface area contributed by atoms with Gasteiger partial charge in [0.1, 0.15) is 18.3 Å². The van der Waals surface area contributed by atoms with E-state index in [9.17, 15) is 20.4 Å². The van der Waals surface area contributed by atoms with Gasteiger partial charge in [0.2, 0.25) is 0 Å². The van der Waals surface area contributed by atoms with Crippen molar-refractivity contribution >= 4 is 0 Å². The van der Waals surface area contributed by atoms with Crippen LogP contribution in [0.15, 0.2) is 0 Å². The first-order valence-corrected chi connectivity index (χ1v) is 15.4. The standard InChI is InChI=1S/C30H60O5/c1-2-3-4-5-6-7-8-9-10-11-12-13-14-15-16-17-18-19-20-21-22-23-24-25-30(34)29(33)28(32)27(31)26-35-30/h27-29,31-34H,2-26H2,1H3/t27-,28+,29-,30-/m1/s1. The summed E-state index contributed by atoms with van der Waals surface area (Å²) in [7, 11) is 0. The minimum atomic E-state index is -1.73. The first kappa shape index (κ1) is 32.8. The van der Waals surface area contributed by atoms with Crippen LogP contribution in [0.25, 0.3) is 0 Å². The molecule has 0 aromatic heterocycles. The number of hydrogen-bond acceptors (Lipinski definition) is 5. The molecular formula is C30H60O5. The molecule has 0 spiro atoms. The van der Waals surface area contributed by atoms with Crippen molar-refractivity contribution in [3.8, 4) is 0 Å². The van der Waals surface area contributed by atoms with Crippen LogP contribution in [0.4, 0.5) is 0 Å². The molecule has 1 saturated heterocycles. The minimum Gasteiger partial charge on any atom is -0.388 e. The van der Waals surface area contributed by atoms with Gasteiger partial charge < -0.3 is 25.2 Å². The van der Waals surface area contributed by atoms with Crippen molar-refractivity contribution in [2.75, 3.05) is 6.61 Å². The number of rotatable bonds is 24. The molecule has 1 aliphatic rings. The summed E-state index contributed by atoms with van der Waals surface area (Å²) in [4.78, 5) is 0. The van der Waals surface area contributed by atoms with Crippen LogP contribution in [0, 0.1) is 0 Å². The molecule has 0 bridgehead atoms. The Bertz CT molecular complexity index is 460. The summed E-state index contributed by atoms with van der Waals surface area (Å²) in [6.45, 7) is 2.14. The molecule has 4 atom stereocenters. The van der Waals surface area contributed by atoms with Gasteiger partial charge in [0.05, 0.1) is 6.61 Å². The summed E-state index contributed by atoms with van der Waals surface area (Å²) >= 11 is 0. The summed E-state index contributed by atoms with van der Waals surface area (Å²) in [6, 6.07) is 0. The van der Waals surface area contributed by atoms with Gasteiger partial charge in [-0.15, -0.1) is 0 Å². The SMILES string of the molecule is CCCCCCCCCCCCCCCCCCCCCCCCC[C@@]1(O)OC[C@@H](O)[C@H](O)[C@H]1O. The molecule has 0 aromatic rings. The van der Waals surface area contributed by atoms with Crippen LogP contribution in [-0.4, -0.2) is 51.1 Å². The number of aliphatic hydroxyl groups is 4. The van der Waals surface area contributed by atoms with E-state index in [-0.39, 0.29) is 13.0 Å². The van der Waals surface area contributed by atoms with Crippen LogP contribution in [0.3, 0.4) is 0 Å². The topological polar surface area (TPSA) is 90.2 Å². The number of hydrogen-bond donors (Lipinski definition) is 4. The second-order valence-corrected chi connectivity index (χ2v) is 11.2. The Morgan fingerprint density at radius 3 is 1.20 bits per heavy atom. The fourth-order valence-corrected chi connectivity index (χ4v) is 5.27. The Hall–Kier alpha value is -0.200. The average molecular weight is 501 g/mol.